The lowest BCUT2D eigenvalue weighted by Crippen LogP contribution is -2.46. The molecular formula is C20H41NO. The summed E-state index contributed by atoms with van der Waals surface area (Å²) in [7, 11) is 0. The highest BCUT2D eigenvalue weighted by Gasteiger charge is 2.23. The van der Waals surface area contributed by atoms with Crippen LogP contribution >= 0.6 is 0 Å². The molecule has 2 heteroatoms. The molecule has 0 saturated carbocycles. The van der Waals surface area contributed by atoms with E-state index in [4.69, 9.17) is 4.74 Å². The molecule has 1 saturated heterocycles. The third-order valence-corrected chi connectivity index (χ3v) is 5.07. The fourth-order valence-electron chi connectivity index (χ4n) is 3.65. The molecule has 22 heavy (non-hydrogen) atoms. The maximum Gasteiger partial charge on any atom is 0.0674 e. The van der Waals surface area contributed by atoms with Crippen LogP contribution in [0.15, 0.2) is 0 Å². The van der Waals surface area contributed by atoms with Crippen LogP contribution in [0.3, 0.4) is 0 Å². The molecule has 1 aliphatic rings. The number of hydrogen-bond acceptors (Lipinski definition) is 2. The van der Waals surface area contributed by atoms with E-state index in [9.17, 15) is 0 Å². The molecular weight excluding hydrogens is 270 g/mol. The minimum atomic E-state index is 0.427. The Kier molecular flexibility index (Phi) is 12.1. The summed E-state index contributed by atoms with van der Waals surface area (Å²) in [6, 6.07) is 0.814. The normalized spacial score (nSPS) is 19.9. The van der Waals surface area contributed by atoms with E-state index in [0.717, 1.165) is 25.7 Å². The lowest BCUT2D eigenvalue weighted by molar-refractivity contribution is -0.0371. The second kappa shape index (κ2) is 13.4. The molecule has 1 rings (SSSR count). The summed E-state index contributed by atoms with van der Waals surface area (Å²) in [6.45, 7) is 10.1. The Morgan fingerprint density at radius 3 is 1.91 bits per heavy atom. The van der Waals surface area contributed by atoms with Gasteiger partial charge in [0.05, 0.1) is 12.7 Å². The van der Waals surface area contributed by atoms with Gasteiger partial charge in [-0.1, -0.05) is 78.1 Å². The van der Waals surface area contributed by atoms with Crippen LogP contribution in [0.2, 0.25) is 0 Å². The monoisotopic (exact) mass is 311 g/mol. The molecule has 132 valence electrons. The van der Waals surface area contributed by atoms with Crippen LogP contribution in [0.4, 0.5) is 0 Å². The lowest BCUT2D eigenvalue weighted by atomic mass is 9.98. The highest BCUT2D eigenvalue weighted by atomic mass is 16.5. The first-order valence-corrected chi connectivity index (χ1v) is 10.1. The van der Waals surface area contributed by atoms with E-state index < -0.39 is 0 Å². The molecule has 0 aliphatic carbocycles. The topological polar surface area (TPSA) is 12.5 Å². The Labute approximate surface area is 140 Å². The maximum atomic E-state index is 5.73. The van der Waals surface area contributed by atoms with Gasteiger partial charge in [0, 0.05) is 19.1 Å². The Balaban J connectivity index is 2.28. The summed E-state index contributed by atoms with van der Waals surface area (Å²) in [4.78, 5) is 2.73. The first-order chi connectivity index (χ1) is 10.8. The largest absolute Gasteiger partial charge is 0.376 e. The van der Waals surface area contributed by atoms with Gasteiger partial charge in [-0.05, 0) is 19.8 Å². The van der Waals surface area contributed by atoms with Crippen LogP contribution in [0.25, 0.3) is 0 Å². The summed E-state index contributed by atoms with van der Waals surface area (Å²) < 4.78 is 5.73. The maximum absolute atomic E-state index is 5.73. The van der Waals surface area contributed by atoms with Gasteiger partial charge in [0.2, 0.25) is 0 Å². The van der Waals surface area contributed by atoms with E-state index in [0.29, 0.717) is 6.10 Å². The number of ether oxygens (including phenoxy) is 1. The first-order valence-electron chi connectivity index (χ1n) is 10.1. The number of hydrogen-bond donors (Lipinski definition) is 0. The van der Waals surface area contributed by atoms with E-state index in [1.165, 1.54) is 77.0 Å². The number of unbranched alkanes of at least 4 members (excludes halogenated alkanes) is 8. The Morgan fingerprint density at radius 1 is 0.864 bits per heavy atom. The molecule has 0 aromatic carbocycles. The van der Waals surface area contributed by atoms with Crippen LogP contribution in [-0.4, -0.2) is 36.7 Å². The highest BCUT2D eigenvalue weighted by Crippen LogP contribution is 2.20. The second-order valence-electron chi connectivity index (χ2n) is 7.24. The summed E-state index contributed by atoms with van der Waals surface area (Å²) in [5, 5.41) is 0. The van der Waals surface area contributed by atoms with Gasteiger partial charge in [0.25, 0.3) is 0 Å². The predicted octanol–water partition coefficient (Wildman–Crippen LogP) is 5.80. The van der Waals surface area contributed by atoms with Crippen molar-refractivity contribution in [3.63, 3.8) is 0 Å². The molecule has 0 radical (unpaired) electrons. The summed E-state index contributed by atoms with van der Waals surface area (Å²) in [6.07, 6.45) is 17.3. The van der Waals surface area contributed by atoms with E-state index in [1.807, 2.05) is 0 Å². The van der Waals surface area contributed by atoms with Crippen LogP contribution in [0.5, 0.6) is 0 Å². The molecule has 0 spiro atoms. The first kappa shape index (κ1) is 20.0. The van der Waals surface area contributed by atoms with E-state index in [1.54, 1.807) is 0 Å². The quantitative estimate of drug-likeness (QED) is 0.399. The van der Waals surface area contributed by atoms with E-state index in [-0.39, 0.29) is 0 Å². The Morgan fingerprint density at radius 2 is 1.41 bits per heavy atom. The summed E-state index contributed by atoms with van der Waals surface area (Å²) in [5.74, 6) is 0. The molecule has 1 heterocycles. The third-order valence-electron chi connectivity index (χ3n) is 5.07. The average Bonchev–Trinajstić information content (AvgIpc) is 2.52. The van der Waals surface area contributed by atoms with Crippen molar-refractivity contribution in [2.75, 3.05) is 19.7 Å². The van der Waals surface area contributed by atoms with Crippen molar-refractivity contribution in [1.29, 1.82) is 0 Å². The van der Waals surface area contributed by atoms with Gasteiger partial charge in [-0.2, -0.15) is 0 Å². The highest BCUT2D eigenvalue weighted by molar-refractivity contribution is 4.77. The smallest absolute Gasteiger partial charge is 0.0674 e. The zero-order valence-electron chi connectivity index (χ0n) is 15.6. The summed E-state index contributed by atoms with van der Waals surface area (Å²) in [5.41, 5.74) is 0. The van der Waals surface area contributed by atoms with Crippen LogP contribution in [-0.2, 0) is 4.74 Å². The van der Waals surface area contributed by atoms with Crippen LogP contribution < -0.4 is 0 Å². The molecule has 2 nitrogen and oxygen atoms in total. The SMILES string of the molecule is CCCCCCCC(CCCCCCC)N1CCO[C@@H](C)C1. The number of rotatable bonds is 13. The molecule has 1 fully saturated rings. The van der Waals surface area contributed by atoms with Gasteiger partial charge < -0.3 is 4.74 Å². The fourth-order valence-corrected chi connectivity index (χ4v) is 3.65. The van der Waals surface area contributed by atoms with E-state index >= 15 is 0 Å². The van der Waals surface area contributed by atoms with E-state index in [2.05, 4.69) is 25.7 Å². The number of nitrogens with zero attached hydrogens (tertiary/aromatic N) is 1. The van der Waals surface area contributed by atoms with Crippen molar-refractivity contribution in [3.05, 3.63) is 0 Å². The molecule has 0 amide bonds. The molecule has 0 aromatic rings. The van der Waals surface area contributed by atoms with Gasteiger partial charge in [-0.15, -0.1) is 0 Å². The zero-order chi connectivity index (χ0) is 16.0. The van der Waals surface area contributed by atoms with Gasteiger partial charge in [0.15, 0.2) is 0 Å². The molecule has 0 N–H and O–H groups in total. The lowest BCUT2D eigenvalue weighted by Gasteiger charge is -2.37. The fraction of sp³-hybridized carbons (Fsp3) is 1.00. The van der Waals surface area contributed by atoms with Crippen molar-refractivity contribution < 1.29 is 4.74 Å². The molecule has 1 aliphatic heterocycles. The van der Waals surface area contributed by atoms with Gasteiger partial charge in [-0.3, -0.25) is 4.90 Å². The number of morpholine rings is 1. The van der Waals surface area contributed by atoms with Gasteiger partial charge in [-0.25, -0.2) is 0 Å². The molecule has 0 aromatic heterocycles. The van der Waals surface area contributed by atoms with Crippen molar-refractivity contribution in [2.24, 2.45) is 0 Å². The van der Waals surface area contributed by atoms with Crippen molar-refractivity contribution >= 4 is 0 Å². The average molecular weight is 312 g/mol. The van der Waals surface area contributed by atoms with Crippen molar-refractivity contribution in [3.8, 4) is 0 Å². The molecule has 0 unspecified atom stereocenters. The third kappa shape index (κ3) is 9.15. The van der Waals surface area contributed by atoms with Gasteiger partial charge in [0.1, 0.15) is 0 Å². The second-order valence-corrected chi connectivity index (χ2v) is 7.24. The van der Waals surface area contributed by atoms with Gasteiger partial charge >= 0.3 is 0 Å². The molecule has 0 bridgehead atoms. The zero-order valence-corrected chi connectivity index (χ0v) is 15.6. The Bertz CT molecular complexity index is 230. The van der Waals surface area contributed by atoms with Crippen LogP contribution in [0.1, 0.15) is 97.8 Å². The van der Waals surface area contributed by atoms with Crippen molar-refractivity contribution in [2.45, 2.75) is 110 Å². The minimum Gasteiger partial charge on any atom is -0.376 e. The standard InChI is InChI=1S/C20H41NO/c1-4-6-8-10-12-14-20(15-13-11-9-7-5-2)21-16-17-22-19(3)18-21/h19-20H,4-18H2,1-3H3/t19-/m0/s1. The van der Waals surface area contributed by atoms with Crippen molar-refractivity contribution in [1.82, 2.24) is 4.90 Å². The Hall–Kier alpha value is -0.0800. The molecule has 1 atom stereocenters. The summed E-state index contributed by atoms with van der Waals surface area (Å²) >= 11 is 0. The van der Waals surface area contributed by atoms with Crippen LogP contribution in [0, 0.1) is 0 Å². The minimum absolute atomic E-state index is 0.427. The predicted molar refractivity (Wildman–Crippen MR) is 97.5 cm³/mol.